The highest BCUT2D eigenvalue weighted by Crippen LogP contribution is 2.29. The van der Waals surface area contributed by atoms with Crippen LogP contribution in [0.5, 0.6) is 0 Å². The minimum Gasteiger partial charge on any atom is -0.463 e. The highest BCUT2D eigenvalue weighted by molar-refractivity contribution is 5.86. The zero-order chi connectivity index (χ0) is 24.2. The zero-order valence-corrected chi connectivity index (χ0v) is 20.0. The molecular formula is C27H38N2O5. The van der Waals surface area contributed by atoms with E-state index in [0.717, 1.165) is 50.5 Å². The van der Waals surface area contributed by atoms with Crippen LogP contribution in [0, 0.1) is 5.92 Å². The maximum atomic E-state index is 13.3. The van der Waals surface area contributed by atoms with Crippen LogP contribution in [0.3, 0.4) is 0 Å². The van der Waals surface area contributed by atoms with Crippen molar-refractivity contribution < 1.29 is 24.2 Å². The van der Waals surface area contributed by atoms with E-state index in [1.165, 1.54) is 0 Å². The fraction of sp³-hybridized carbons (Fsp3) is 0.593. The van der Waals surface area contributed by atoms with Gasteiger partial charge in [0.05, 0.1) is 24.1 Å². The van der Waals surface area contributed by atoms with E-state index in [4.69, 9.17) is 4.74 Å². The van der Waals surface area contributed by atoms with Crippen molar-refractivity contribution >= 4 is 17.8 Å². The van der Waals surface area contributed by atoms with Crippen LogP contribution < -0.4 is 10.6 Å². The molecule has 0 spiro atoms. The van der Waals surface area contributed by atoms with Gasteiger partial charge >= 0.3 is 5.97 Å². The molecule has 0 bridgehead atoms. The number of amides is 2. The Hall–Kier alpha value is -2.67. The molecule has 0 radical (unpaired) electrons. The van der Waals surface area contributed by atoms with Crippen molar-refractivity contribution in [1.29, 1.82) is 0 Å². The Balaban J connectivity index is 1.71. The quantitative estimate of drug-likeness (QED) is 0.437. The average Bonchev–Trinajstić information content (AvgIpc) is 3.30. The molecule has 1 aliphatic carbocycles. The summed E-state index contributed by atoms with van der Waals surface area (Å²) in [6, 6.07) is 9.37. The van der Waals surface area contributed by atoms with Gasteiger partial charge in [-0.3, -0.25) is 14.4 Å². The third kappa shape index (κ3) is 8.28. The standard InChI is InChI=1S/C27H38N2O5/c30-20-27(15-9-10-16-27)29-24(31)18-22-13-7-2-1-3-8-14-25(32)34-19-23(28-26(22)33)17-21-11-5-4-6-12-21/h2,4-7,11-12,22-23,30H,1,3,8-10,13-20H2,(H,28,33)(H,29,31). The van der Waals surface area contributed by atoms with Crippen molar-refractivity contribution in [3.63, 3.8) is 0 Å². The number of cyclic esters (lactones) is 1. The third-order valence-electron chi connectivity index (χ3n) is 6.78. The van der Waals surface area contributed by atoms with Gasteiger partial charge < -0.3 is 20.5 Å². The molecule has 1 heterocycles. The Labute approximate surface area is 202 Å². The number of carbonyl (C=O) groups excluding carboxylic acids is 3. The van der Waals surface area contributed by atoms with Crippen molar-refractivity contribution in [3.05, 3.63) is 48.0 Å². The largest absolute Gasteiger partial charge is 0.463 e. The molecule has 1 aromatic carbocycles. The molecule has 2 atom stereocenters. The molecule has 186 valence electrons. The summed E-state index contributed by atoms with van der Waals surface area (Å²) in [5.74, 6) is -1.23. The summed E-state index contributed by atoms with van der Waals surface area (Å²) < 4.78 is 5.47. The van der Waals surface area contributed by atoms with Crippen LogP contribution in [-0.4, -0.2) is 47.7 Å². The van der Waals surface area contributed by atoms with Gasteiger partial charge in [0.2, 0.25) is 11.8 Å². The van der Waals surface area contributed by atoms with E-state index in [-0.39, 0.29) is 43.5 Å². The molecule has 7 nitrogen and oxygen atoms in total. The van der Waals surface area contributed by atoms with Gasteiger partial charge in [-0.05, 0) is 50.5 Å². The number of hydrogen-bond acceptors (Lipinski definition) is 5. The normalized spacial score (nSPS) is 24.0. The number of benzene rings is 1. The first-order chi connectivity index (χ1) is 16.5. The lowest BCUT2D eigenvalue weighted by Gasteiger charge is -2.29. The van der Waals surface area contributed by atoms with Crippen LogP contribution in [0.25, 0.3) is 0 Å². The molecule has 0 saturated heterocycles. The van der Waals surface area contributed by atoms with Gasteiger partial charge in [-0.1, -0.05) is 55.3 Å². The molecule has 1 saturated carbocycles. The SMILES string of the molecule is O=C(CC1CC=CCCCCC(=O)OCC(Cc2ccccc2)NC1=O)NC1(CO)CCCC1. The van der Waals surface area contributed by atoms with E-state index in [1.54, 1.807) is 0 Å². The summed E-state index contributed by atoms with van der Waals surface area (Å²) in [5.41, 5.74) is 0.472. The molecule has 3 rings (SSSR count). The minimum atomic E-state index is -0.561. The minimum absolute atomic E-state index is 0.0514. The van der Waals surface area contributed by atoms with Gasteiger partial charge in [0.1, 0.15) is 6.61 Å². The Bertz CT molecular complexity index is 833. The van der Waals surface area contributed by atoms with Crippen LogP contribution in [-0.2, 0) is 25.5 Å². The van der Waals surface area contributed by atoms with Gasteiger partial charge in [0, 0.05) is 12.8 Å². The highest BCUT2D eigenvalue weighted by atomic mass is 16.5. The molecule has 1 aliphatic heterocycles. The number of rotatable bonds is 6. The second-order valence-electron chi connectivity index (χ2n) is 9.63. The Morgan fingerprint density at radius 3 is 2.59 bits per heavy atom. The van der Waals surface area contributed by atoms with Crippen LogP contribution >= 0.6 is 0 Å². The van der Waals surface area contributed by atoms with Crippen LogP contribution in [0.15, 0.2) is 42.5 Å². The molecule has 7 heteroatoms. The smallest absolute Gasteiger partial charge is 0.305 e. The van der Waals surface area contributed by atoms with Gasteiger partial charge in [0.25, 0.3) is 0 Å². The van der Waals surface area contributed by atoms with Crippen molar-refractivity contribution in [1.82, 2.24) is 10.6 Å². The number of esters is 1. The molecule has 34 heavy (non-hydrogen) atoms. The summed E-state index contributed by atoms with van der Waals surface area (Å²) in [5, 5.41) is 15.9. The Morgan fingerprint density at radius 2 is 1.85 bits per heavy atom. The molecule has 1 fully saturated rings. The first-order valence-electron chi connectivity index (χ1n) is 12.6. The fourth-order valence-electron chi connectivity index (χ4n) is 4.77. The maximum absolute atomic E-state index is 13.3. The first kappa shape index (κ1) is 25.9. The predicted molar refractivity (Wildman–Crippen MR) is 130 cm³/mol. The molecule has 3 N–H and O–H groups in total. The number of aliphatic hydroxyl groups excluding tert-OH is 1. The summed E-state index contributed by atoms with van der Waals surface area (Å²) in [7, 11) is 0. The van der Waals surface area contributed by atoms with E-state index in [0.29, 0.717) is 19.3 Å². The maximum Gasteiger partial charge on any atom is 0.305 e. The predicted octanol–water partition coefficient (Wildman–Crippen LogP) is 3.21. The van der Waals surface area contributed by atoms with Crippen molar-refractivity contribution in [2.75, 3.05) is 13.2 Å². The summed E-state index contributed by atoms with van der Waals surface area (Å²) >= 11 is 0. The van der Waals surface area contributed by atoms with E-state index in [2.05, 4.69) is 10.6 Å². The molecular weight excluding hydrogens is 432 g/mol. The number of carbonyl (C=O) groups is 3. The Kier molecular flexibility index (Phi) is 10.1. The topological polar surface area (TPSA) is 105 Å². The van der Waals surface area contributed by atoms with E-state index in [9.17, 15) is 19.5 Å². The number of allylic oxidation sites excluding steroid dienone is 2. The lowest BCUT2D eigenvalue weighted by Crippen LogP contribution is -2.50. The average molecular weight is 471 g/mol. The van der Waals surface area contributed by atoms with Gasteiger partial charge in [-0.25, -0.2) is 0 Å². The molecule has 2 amide bonds. The van der Waals surface area contributed by atoms with E-state index < -0.39 is 11.5 Å². The van der Waals surface area contributed by atoms with Gasteiger partial charge in [0.15, 0.2) is 0 Å². The van der Waals surface area contributed by atoms with E-state index in [1.807, 2.05) is 42.5 Å². The third-order valence-corrected chi connectivity index (χ3v) is 6.78. The fourth-order valence-corrected chi connectivity index (χ4v) is 4.77. The molecule has 2 unspecified atom stereocenters. The summed E-state index contributed by atoms with van der Waals surface area (Å²) in [6.45, 7) is 0.0157. The second kappa shape index (κ2) is 13.3. The van der Waals surface area contributed by atoms with Gasteiger partial charge in [-0.15, -0.1) is 0 Å². The van der Waals surface area contributed by atoms with Crippen LogP contribution in [0.1, 0.15) is 69.8 Å². The zero-order valence-electron chi connectivity index (χ0n) is 20.0. The van der Waals surface area contributed by atoms with E-state index >= 15 is 0 Å². The molecule has 1 aromatic rings. The van der Waals surface area contributed by atoms with Crippen molar-refractivity contribution in [3.8, 4) is 0 Å². The number of ether oxygens (including phenoxy) is 1. The lowest BCUT2D eigenvalue weighted by molar-refractivity contribution is -0.145. The number of nitrogens with one attached hydrogen (secondary N) is 2. The number of aliphatic hydroxyl groups is 1. The Morgan fingerprint density at radius 1 is 1.09 bits per heavy atom. The summed E-state index contributed by atoms with van der Waals surface area (Å²) in [4.78, 5) is 38.3. The number of hydrogen-bond donors (Lipinski definition) is 3. The van der Waals surface area contributed by atoms with Crippen LogP contribution in [0.2, 0.25) is 0 Å². The van der Waals surface area contributed by atoms with Crippen LogP contribution in [0.4, 0.5) is 0 Å². The van der Waals surface area contributed by atoms with Gasteiger partial charge in [-0.2, -0.15) is 0 Å². The van der Waals surface area contributed by atoms with Crippen molar-refractivity contribution in [2.24, 2.45) is 5.92 Å². The lowest BCUT2D eigenvalue weighted by atomic mass is 9.95. The summed E-state index contributed by atoms with van der Waals surface area (Å²) in [6.07, 6.45) is 11.3. The second-order valence-corrected chi connectivity index (χ2v) is 9.63. The monoisotopic (exact) mass is 470 g/mol. The molecule has 0 aromatic heterocycles. The first-order valence-corrected chi connectivity index (χ1v) is 12.6. The molecule has 2 aliphatic rings. The van der Waals surface area contributed by atoms with Crippen molar-refractivity contribution in [2.45, 2.75) is 82.2 Å². The highest BCUT2D eigenvalue weighted by Gasteiger charge is 2.35.